The quantitative estimate of drug-likeness (QED) is 0.850. The molecule has 0 saturated carbocycles. The number of hydrogen-bond donors (Lipinski definition) is 1. The molecular formula is C15H15Cl2N. The molecule has 0 saturated heterocycles. The fraction of sp³-hybridized carbons (Fsp3) is 0.200. The molecule has 0 aliphatic heterocycles. The third-order valence-electron chi connectivity index (χ3n) is 2.79. The summed E-state index contributed by atoms with van der Waals surface area (Å²) in [5.41, 5.74) is 3.53. The second-order valence-corrected chi connectivity index (χ2v) is 4.96. The zero-order valence-corrected chi connectivity index (χ0v) is 11.7. The maximum atomic E-state index is 6.09. The van der Waals surface area contributed by atoms with Crippen LogP contribution in [0.5, 0.6) is 0 Å². The van der Waals surface area contributed by atoms with Crippen LogP contribution in [0.15, 0.2) is 42.5 Å². The van der Waals surface area contributed by atoms with Crippen LogP contribution in [0.4, 0.5) is 0 Å². The highest BCUT2D eigenvalue weighted by Gasteiger charge is 2.05. The molecular weight excluding hydrogens is 265 g/mol. The fourth-order valence-corrected chi connectivity index (χ4v) is 2.16. The van der Waals surface area contributed by atoms with E-state index in [0.29, 0.717) is 0 Å². The molecule has 2 aromatic carbocycles. The van der Waals surface area contributed by atoms with Crippen molar-refractivity contribution in [1.82, 2.24) is 5.32 Å². The van der Waals surface area contributed by atoms with Crippen molar-refractivity contribution in [3.8, 4) is 11.1 Å². The summed E-state index contributed by atoms with van der Waals surface area (Å²) >= 11 is 12.0. The van der Waals surface area contributed by atoms with Gasteiger partial charge >= 0.3 is 0 Å². The monoisotopic (exact) mass is 279 g/mol. The van der Waals surface area contributed by atoms with Crippen molar-refractivity contribution in [3.63, 3.8) is 0 Å². The van der Waals surface area contributed by atoms with Crippen molar-refractivity contribution in [2.45, 2.75) is 13.5 Å². The van der Waals surface area contributed by atoms with E-state index in [1.54, 1.807) is 0 Å². The van der Waals surface area contributed by atoms with E-state index in [0.717, 1.165) is 34.3 Å². The molecule has 0 bridgehead atoms. The first kappa shape index (κ1) is 13.4. The SMILES string of the molecule is CCNCc1ccc(Cl)cc1-c1ccc(Cl)cc1. The van der Waals surface area contributed by atoms with Crippen molar-refractivity contribution < 1.29 is 0 Å². The highest BCUT2D eigenvalue weighted by molar-refractivity contribution is 6.31. The first-order valence-corrected chi connectivity index (χ1v) is 6.71. The van der Waals surface area contributed by atoms with Gasteiger partial charge in [-0.2, -0.15) is 0 Å². The summed E-state index contributed by atoms with van der Waals surface area (Å²) in [6.07, 6.45) is 0. The minimum absolute atomic E-state index is 0.744. The van der Waals surface area contributed by atoms with Gasteiger partial charge in [-0.15, -0.1) is 0 Å². The summed E-state index contributed by atoms with van der Waals surface area (Å²) in [5.74, 6) is 0. The van der Waals surface area contributed by atoms with E-state index >= 15 is 0 Å². The average Bonchev–Trinajstić information content (AvgIpc) is 2.38. The van der Waals surface area contributed by atoms with Crippen LogP contribution < -0.4 is 5.32 Å². The Labute approximate surface area is 118 Å². The van der Waals surface area contributed by atoms with Crippen LogP contribution in [0.1, 0.15) is 12.5 Å². The van der Waals surface area contributed by atoms with Gasteiger partial charge in [-0.1, -0.05) is 48.3 Å². The third kappa shape index (κ3) is 3.26. The molecule has 0 radical (unpaired) electrons. The van der Waals surface area contributed by atoms with Gasteiger partial charge in [-0.05, 0) is 47.5 Å². The van der Waals surface area contributed by atoms with E-state index in [9.17, 15) is 0 Å². The molecule has 94 valence electrons. The van der Waals surface area contributed by atoms with Gasteiger partial charge in [0.2, 0.25) is 0 Å². The standard InChI is InChI=1S/C15H15Cl2N/c1-2-18-10-12-5-8-14(17)9-15(12)11-3-6-13(16)7-4-11/h3-9,18H,2,10H2,1H3. The van der Waals surface area contributed by atoms with Gasteiger partial charge < -0.3 is 5.32 Å². The molecule has 0 heterocycles. The van der Waals surface area contributed by atoms with Crippen molar-refractivity contribution in [1.29, 1.82) is 0 Å². The fourth-order valence-electron chi connectivity index (χ4n) is 1.86. The Morgan fingerprint density at radius 2 is 1.61 bits per heavy atom. The second kappa shape index (κ2) is 6.24. The van der Waals surface area contributed by atoms with Crippen molar-refractivity contribution in [2.75, 3.05) is 6.54 Å². The Morgan fingerprint density at radius 3 is 2.28 bits per heavy atom. The number of halogens is 2. The lowest BCUT2D eigenvalue weighted by molar-refractivity contribution is 0.728. The highest BCUT2D eigenvalue weighted by atomic mass is 35.5. The van der Waals surface area contributed by atoms with E-state index < -0.39 is 0 Å². The van der Waals surface area contributed by atoms with Gasteiger partial charge in [0.05, 0.1) is 0 Å². The summed E-state index contributed by atoms with van der Waals surface area (Å²) in [6.45, 7) is 3.88. The summed E-state index contributed by atoms with van der Waals surface area (Å²) in [6, 6.07) is 13.8. The highest BCUT2D eigenvalue weighted by Crippen LogP contribution is 2.28. The van der Waals surface area contributed by atoms with Gasteiger partial charge in [-0.3, -0.25) is 0 Å². The van der Waals surface area contributed by atoms with Crippen LogP contribution >= 0.6 is 23.2 Å². The predicted molar refractivity (Wildman–Crippen MR) is 79.3 cm³/mol. The molecule has 0 fully saturated rings. The van der Waals surface area contributed by atoms with E-state index in [4.69, 9.17) is 23.2 Å². The molecule has 1 nitrogen and oxygen atoms in total. The lowest BCUT2D eigenvalue weighted by Gasteiger charge is -2.11. The van der Waals surface area contributed by atoms with Gasteiger partial charge in [0.1, 0.15) is 0 Å². The summed E-state index contributed by atoms with van der Waals surface area (Å²) in [7, 11) is 0. The normalized spacial score (nSPS) is 10.6. The van der Waals surface area contributed by atoms with Crippen LogP contribution in [-0.4, -0.2) is 6.54 Å². The average molecular weight is 280 g/mol. The first-order valence-electron chi connectivity index (χ1n) is 5.96. The molecule has 0 amide bonds. The zero-order chi connectivity index (χ0) is 13.0. The van der Waals surface area contributed by atoms with Crippen LogP contribution in [0.25, 0.3) is 11.1 Å². The van der Waals surface area contributed by atoms with Crippen LogP contribution in [0.3, 0.4) is 0 Å². The Kier molecular flexibility index (Phi) is 4.65. The molecule has 0 unspecified atom stereocenters. The lowest BCUT2D eigenvalue weighted by Crippen LogP contribution is -2.12. The van der Waals surface area contributed by atoms with Gasteiger partial charge in [0, 0.05) is 16.6 Å². The van der Waals surface area contributed by atoms with Crippen molar-refractivity contribution in [2.24, 2.45) is 0 Å². The largest absolute Gasteiger partial charge is 0.313 e. The second-order valence-electron chi connectivity index (χ2n) is 4.09. The maximum Gasteiger partial charge on any atom is 0.0412 e. The Morgan fingerprint density at radius 1 is 0.944 bits per heavy atom. The summed E-state index contributed by atoms with van der Waals surface area (Å²) in [5, 5.41) is 4.83. The van der Waals surface area contributed by atoms with Gasteiger partial charge in [-0.25, -0.2) is 0 Å². The molecule has 2 rings (SSSR count). The minimum atomic E-state index is 0.744. The molecule has 18 heavy (non-hydrogen) atoms. The predicted octanol–water partition coefficient (Wildman–Crippen LogP) is 4.77. The molecule has 2 aromatic rings. The molecule has 0 aliphatic carbocycles. The van der Waals surface area contributed by atoms with Crippen LogP contribution in [0.2, 0.25) is 10.0 Å². The van der Waals surface area contributed by atoms with Gasteiger partial charge in [0.15, 0.2) is 0 Å². The van der Waals surface area contributed by atoms with E-state index in [-0.39, 0.29) is 0 Å². The molecule has 3 heteroatoms. The Balaban J connectivity index is 2.40. The van der Waals surface area contributed by atoms with Crippen LogP contribution in [0, 0.1) is 0 Å². The van der Waals surface area contributed by atoms with Crippen molar-refractivity contribution >= 4 is 23.2 Å². The van der Waals surface area contributed by atoms with Crippen LogP contribution in [-0.2, 0) is 6.54 Å². The van der Waals surface area contributed by atoms with Gasteiger partial charge in [0.25, 0.3) is 0 Å². The van der Waals surface area contributed by atoms with E-state index in [2.05, 4.69) is 18.3 Å². The first-order chi connectivity index (χ1) is 8.70. The third-order valence-corrected chi connectivity index (χ3v) is 3.28. The van der Waals surface area contributed by atoms with E-state index in [1.165, 1.54) is 5.56 Å². The number of benzene rings is 2. The zero-order valence-electron chi connectivity index (χ0n) is 10.2. The molecule has 0 aromatic heterocycles. The van der Waals surface area contributed by atoms with E-state index in [1.807, 2.05) is 36.4 Å². The summed E-state index contributed by atoms with van der Waals surface area (Å²) < 4.78 is 0. The topological polar surface area (TPSA) is 12.0 Å². The smallest absolute Gasteiger partial charge is 0.0412 e. The minimum Gasteiger partial charge on any atom is -0.313 e. The summed E-state index contributed by atoms with van der Waals surface area (Å²) in [4.78, 5) is 0. The molecule has 0 atom stereocenters. The molecule has 1 N–H and O–H groups in total. The Hall–Kier alpha value is -1.02. The molecule has 0 aliphatic rings. The number of hydrogen-bond acceptors (Lipinski definition) is 1. The van der Waals surface area contributed by atoms with Crippen molar-refractivity contribution in [3.05, 3.63) is 58.1 Å². The maximum absolute atomic E-state index is 6.09. The molecule has 0 spiro atoms. The Bertz CT molecular complexity index is 521. The number of nitrogens with one attached hydrogen (secondary N) is 1. The lowest BCUT2D eigenvalue weighted by atomic mass is 10.00. The number of rotatable bonds is 4.